The molecule has 1 aromatic carbocycles. The first kappa shape index (κ1) is 10.5. The van der Waals surface area contributed by atoms with Crippen LogP contribution in [0.4, 0.5) is 14.9 Å². The van der Waals surface area contributed by atoms with E-state index in [9.17, 15) is 9.18 Å². The summed E-state index contributed by atoms with van der Waals surface area (Å²) in [6, 6.07) is 4.26. The van der Waals surface area contributed by atoms with Gasteiger partial charge >= 0.3 is 6.03 Å². The van der Waals surface area contributed by atoms with Crippen molar-refractivity contribution in [2.75, 3.05) is 12.4 Å². The first-order chi connectivity index (χ1) is 6.67. The first-order valence-corrected chi connectivity index (χ1v) is 4.44. The minimum atomic E-state index is -0.425. The van der Waals surface area contributed by atoms with Crippen LogP contribution >= 0.6 is 0 Å². The van der Waals surface area contributed by atoms with Crippen LogP contribution in [-0.2, 0) is 6.42 Å². The lowest BCUT2D eigenvalue weighted by molar-refractivity contribution is 0.254. The molecule has 14 heavy (non-hydrogen) atoms. The van der Waals surface area contributed by atoms with Crippen molar-refractivity contribution in [3.05, 3.63) is 29.6 Å². The number of hydrogen-bond acceptors (Lipinski definition) is 1. The molecular formula is C10H13FN2O. The highest BCUT2D eigenvalue weighted by Crippen LogP contribution is 2.16. The molecule has 0 aromatic heterocycles. The number of carbonyl (C=O) groups is 1. The highest BCUT2D eigenvalue weighted by molar-refractivity contribution is 5.89. The fourth-order valence-corrected chi connectivity index (χ4v) is 1.07. The summed E-state index contributed by atoms with van der Waals surface area (Å²) in [6.07, 6.45) is 0.808. The molecule has 0 spiro atoms. The average molecular weight is 196 g/mol. The van der Waals surface area contributed by atoms with Crippen LogP contribution in [0.15, 0.2) is 18.2 Å². The third-order valence-corrected chi connectivity index (χ3v) is 1.91. The zero-order valence-corrected chi connectivity index (χ0v) is 8.23. The van der Waals surface area contributed by atoms with Crippen molar-refractivity contribution in [3.63, 3.8) is 0 Å². The number of hydrogen-bond donors (Lipinski definition) is 2. The second-order valence-electron chi connectivity index (χ2n) is 2.87. The van der Waals surface area contributed by atoms with E-state index in [1.54, 1.807) is 12.1 Å². The van der Waals surface area contributed by atoms with E-state index in [0.29, 0.717) is 0 Å². The maximum absolute atomic E-state index is 13.2. The predicted octanol–water partition coefficient (Wildman–Crippen LogP) is 2.14. The number of benzene rings is 1. The van der Waals surface area contributed by atoms with Crippen LogP contribution < -0.4 is 10.6 Å². The lowest BCUT2D eigenvalue weighted by atomic mass is 10.1. The Morgan fingerprint density at radius 2 is 2.21 bits per heavy atom. The van der Waals surface area contributed by atoms with Crippen molar-refractivity contribution in [3.8, 4) is 0 Å². The molecule has 0 saturated heterocycles. The summed E-state index contributed by atoms with van der Waals surface area (Å²) >= 11 is 0. The Kier molecular flexibility index (Phi) is 3.45. The maximum atomic E-state index is 13.2. The molecule has 0 atom stereocenters. The van der Waals surface area contributed by atoms with E-state index in [0.717, 1.165) is 12.0 Å². The molecule has 2 amide bonds. The molecule has 1 rings (SSSR count). The molecule has 2 N–H and O–H groups in total. The van der Waals surface area contributed by atoms with Gasteiger partial charge in [-0.15, -0.1) is 0 Å². The molecule has 0 heterocycles. The monoisotopic (exact) mass is 196 g/mol. The smallest absolute Gasteiger partial charge is 0.319 e. The third-order valence-electron chi connectivity index (χ3n) is 1.91. The second kappa shape index (κ2) is 4.60. The van der Waals surface area contributed by atoms with Gasteiger partial charge in [0.25, 0.3) is 0 Å². The highest BCUT2D eigenvalue weighted by Gasteiger charge is 2.05. The van der Waals surface area contributed by atoms with Gasteiger partial charge in [-0.1, -0.05) is 13.0 Å². The number of amides is 2. The Hall–Kier alpha value is -1.58. The predicted molar refractivity (Wildman–Crippen MR) is 53.9 cm³/mol. The first-order valence-electron chi connectivity index (χ1n) is 4.44. The topological polar surface area (TPSA) is 41.1 Å². The van der Waals surface area contributed by atoms with Gasteiger partial charge in [0.05, 0.1) is 5.69 Å². The van der Waals surface area contributed by atoms with Crippen molar-refractivity contribution in [1.82, 2.24) is 5.32 Å². The summed E-state index contributed by atoms with van der Waals surface area (Å²) in [6.45, 7) is 1.97. The number of nitrogens with one attached hydrogen (secondary N) is 2. The highest BCUT2D eigenvalue weighted by atomic mass is 19.1. The van der Waals surface area contributed by atoms with Crippen LogP contribution in [-0.4, -0.2) is 13.1 Å². The molecule has 0 aliphatic heterocycles. The molecule has 0 aliphatic carbocycles. The number of halogens is 1. The number of aryl methyl sites for hydroxylation is 1. The number of urea groups is 1. The summed E-state index contributed by atoms with van der Waals surface area (Å²) < 4.78 is 13.2. The van der Waals surface area contributed by atoms with Crippen LogP contribution in [0.3, 0.4) is 0 Å². The largest absolute Gasteiger partial charge is 0.341 e. The zero-order valence-electron chi connectivity index (χ0n) is 8.23. The van der Waals surface area contributed by atoms with E-state index in [1.807, 2.05) is 6.92 Å². The van der Waals surface area contributed by atoms with Crippen molar-refractivity contribution in [1.29, 1.82) is 0 Å². The zero-order chi connectivity index (χ0) is 10.6. The van der Waals surface area contributed by atoms with Crippen LogP contribution in [0, 0.1) is 5.82 Å². The van der Waals surface area contributed by atoms with E-state index in [-0.39, 0.29) is 5.69 Å². The number of carbonyl (C=O) groups excluding carboxylic acids is 1. The van der Waals surface area contributed by atoms with Gasteiger partial charge in [-0.2, -0.15) is 0 Å². The third kappa shape index (κ3) is 2.45. The van der Waals surface area contributed by atoms with Gasteiger partial charge < -0.3 is 10.6 Å². The Morgan fingerprint density at radius 1 is 1.50 bits per heavy atom. The Balaban J connectivity index is 2.89. The molecular weight excluding hydrogens is 183 g/mol. The van der Waals surface area contributed by atoms with Gasteiger partial charge in [0.2, 0.25) is 0 Å². The minimum absolute atomic E-state index is 0.212. The number of rotatable bonds is 2. The van der Waals surface area contributed by atoms with Crippen LogP contribution in [0.1, 0.15) is 12.5 Å². The van der Waals surface area contributed by atoms with E-state index >= 15 is 0 Å². The lowest BCUT2D eigenvalue weighted by Crippen LogP contribution is -2.25. The van der Waals surface area contributed by atoms with E-state index < -0.39 is 11.8 Å². The summed E-state index contributed by atoms with van der Waals surface area (Å²) in [7, 11) is 1.48. The van der Waals surface area contributed by atoms with Crippen LogP contribution in [0.2, 0.25) is 0 Å². The Morgan fingerprint density at radius 3 is 2.79 bits per heavy atom. The summed E-state index contributed by atoms with van der Waals surface area (Å²) in [5.41, 5.74) is 1.20. The average Bonchev–Trinajstić information content (AvgIpc) is 2.21. The van der Waals surface area contributed by atoms with Crippen molar-refractivity contribution in [2.45, 2.75) is 13.3 Å². The maximum Gasteiger partial charge on any atom is 0.319 e. The van der Waals surface area contributed by atoms with E-state index in [2.05, 4.69) is 10.6 Å². The van der Waals surface area contributed by atoms with Gasteiger partial charge in [-0.25, -0.2) is 9.18 Å². The van der Waals surface area contributed by atoms with Gasteiger partial charge in [0.15, 0.2) is 0 Å². The van der Waals surface area contributed by atoms with Crippen molar-refractivity contribution >= 4 is 11.7 Å². The normalized spacial score (nSPS) is 9.64. The summed E-state index contributed by atoms with van der Waals surface area (Å²) in [5.74, 6) is -0.425. The summed E-state index contributed by atoms with van der Waals surface area (Å²) in [4.78, 5) is 10.9. The van der Waals surface area contributed by atoms with Gasteiger partial charge in [-0.3, -0.25) is 0 Å². The second-order valence-corrected chi connectivity index (χ2v) is 2.87. The van der Waals surface area contributed by atoms with Gasteiger partial charge in [-0.05, 0) is 24.1 Å². The van der Waals surface area contributed by atoms with E-state index in [4.69, 9.17) is 0 Å². The fourth-order valence-electron chi connectivity index (χ4n) is 1.07. The molecule has 0 fully saturated rings. The van der Waals surface area contributed by atoms with Crippen LogP contribution in [0.25, 0.3) is 0 Å². The molecule has 0 unspecified atom stereocenters. The lowest BCUT2D eigenvalue weighted by Gasteiger charge is -2.06. The SMILES string of the molecule is CCc1ccc(F)c(NC(=O)NC)c1. The Labute approximate surface area is 82.3 Å². The molecule has 0 radical (unpaired) electrons. The fraction of sp³-hybridized carbons (Fsp3) is 0.300. The molecule has 76 valence electrons. The molecule has 0 saturated carbocycles. The van der Waals surface area contributed by atoms with Crippen molar-refractivity contribution < 1.29 is 9.18 Å². The molecule has 3 nitrogen and oxygen atoms in total. The van der Waals surface area contributed by atoms with Crippen LogP contribution in [0.5, 0.6) is 0 Å². The molecule has 0 bridgehead atoms. The quantitative estimate of drug-likeness (QED) is 0.747. The summed E-state index contributed by atoms with van der Waals surface area (Å²) in [5, 5.41) is 4.77. The van der Waals surface area contributed by atoms with Gasteiger partial charge in [0, 0.05) is 7.05 Å². The molecule has 4 heteroatoms. The Bertz CT molecular complexity index is 339. The van der Waals surface area contributed by atoms with Crippen molar-refractivity contribution in [2.24, 2.45) is 0 Å². The minimum Gasteiger partial charge on any atom is -0.341 e. The van der Waals surface area contributed by atoms with Gasteiger partial charge in [0.1, 0.15) is 5.82 Å². The molecule has 0 aliphatic rings. The number of anilines is 1. The standard InChI is InChI=1S/C10H13FN2O/c1-3-7-4-5-8(11)9(6-7)13-10(14)12-2/h4-6H,3H2,1-2H3,(H2,12,13,14). The van der Waals surface area contributed by atoms with E-state index in [1.165, 1.54) is 13.1 Å². The molecule has 1 aromatic rings.